The van der Waals surface area contributed by atoms with Gasteiger partial charge in [0, 0.05) is 32.1 Å². The Morgan fingerprint density at radius 3 is 2.87 bits per heavy atom. The molecule has 0 bridgehead atoms. The summed E-state index contributed by atoms with van der Waals surface area (Å²) >= 11 is 1.54. The summed E-state index contributed by atoms with van der Waals surface area (Å²) < 4.78 is 2.27. The summed E-state index contributed by atoms with van der Waals surface area (Å²) in [7, 11) is 0. The van der Waals surface area contributed by atoms with Crippen LogP contribution >= 0.6 is 11.3 Å². The largest absolute Gasteiger partial charge is 0.338 e. The first-order chi connectivity index (χ1) is 11.2. The van der Waals surface area contributed by atoms with E-state index in [1.165, 1.54) is 0 Å². The molecule has 2 aromatic heterocycles. The van der Waals surface area contributed by atoms with E-state index in [-0.39, 0.29) is 5.91 Å². The summed E-state index contributed by atoms with van der Waals surface area (Å²) in [6, 6.07) is 2.02. The highest BCUT2D eigenvalue weighted by Crippen LogP contribution is 2.29. The average molecular weight is 331 g/mol. The molecule has 6 nitrogen and oxygen atoms in total. The molecule has 1 saturated heterocycles. The highest BCUT2D eigenvalue weighted by atomic mass is 32.1. The molecule has 0 radical (unpaired) electrons. The highest BCUT2D eigenvalue weighted by molar-refractivity contribution is 7.12. The van der Waals surface area contributed by atoms with Crippen LogP contribution < -0.4 is 5.32 Å². The molecule has 2 aliphatic heterocycles. The molecule has 0 atom stereocenters. The van der Waals surface area contributed by atoms with Crippen LogP contribution in [0.25, 0.3) is 0 Å². The van der Waals surface area contributed by atoms with Gasteiger partial charge in [-0.05, 0) is 36.8 Å². The van der Waals surface area contributed by atoms with Crippen molar-refractivity contribution < 1.29 is 4.79 Å². The van der Waals surface area contributed by atoms with Crippen molar-refractivity contribution in [3.8, 4) is 0 Å². The number of carbonyl (C=O) groups is 1. The van der Waals surface area contributed by atoms with E-state index in [1.807, 2.05) is 23.3 Å². The number of likely N-dealkylation sites (tertiary alicyclic amines) is 1. The van der Waals surface area contributed by atoms with Gasteiger partial charge in [0.1, 0.15) is 11.6 Å². The number of hydrogen-bond donors (Lipinski definition) is 1. The molecule has 0 unspecified atom stereocenters. The Hall–Kier alpha value is -1.73. The van der Waals surface area contributed by atoms with Crippen LogP contribution in [0.15, 0.2) is 11.4 Å². The number of rotatable bonds is 2. The van der Waals surface area contributed by atoms with Crippen LogP contribution in [0.1, 0.15) is 45.6 Å². The standard InChI is InChI=1S/C16H21N5OS/c1-11-4-9-23-14(11)16(22)20-6-2-12(3-7-20)15-19-18-13-10-17-5-8-21(13)15/h4,9,12,17H,2-3,5-8,10H2,1H3. The second-order valence-corrected chi connectivity index (χ2v) is 7.22. The summed E-state index contributed by atoms with van der Waals surface area (Å²) in [5.74, 6) is 2.76. The Balaban J connectivity index is 1.44. The molecule has 2 aromatic rings. The van der Waals surface area contributed by atoms with Gasteiger partial charge in [0.05, 0.1) is 11.4 Å². The molecule has 0 spiro atoms. The minimum atomic E-state index is 0.184. The maximum atomic E-state index is 12.6. The minimum absolute atomic E-state index is 0.184. The lowest BCUT2D eigenvalue weighted by molar-refractivity contribution is 0.0714. The van der Waals surface area contributed by atoms with E-state index in [2.05, 4.69) is 20.1 Å². The zero-order chi connectivity index (χ0) is 15.8. The van der Waals surface area contributed by atoms with E-state index in [0.29, 0.717) is 5.92 Å². The number of amides is 1. The first-order valence-electron chi connectivity index (χ1n) is 8.20. The molecule has 0 aliphatic carbocycles. The SMILES string of the molecule is Cc1ccsc1C(=O)N1CCC(c2nnc3n2CCNC3)CC1. The number of fused-ring (bicyclic) bond motifs is 1. The van der Waals surface area contributed by atoms with Crippen LogP contribution in [0.4, 0.5) is 0 Å². The van der Waals surface area contributed by atoms with E-state index in [1.54, 1.807) is 11.3 Å². The second-order valence-electron chi connectivity index (χ2n) is 6.30. The fourth-order valence-electron chi connectivity index (χ4n) is 3.49. The van der Waals surface area contributed by atoms with Gasteiger partial charge < -0.3 is 14.8 Å². The summed E-state index contributed by atoms with van der Waals surface area (Å²) in [6.45, 7) is 6.36. The van der Waals surface area contributed by atoms with Crippen LogP contribution in [0.5, 0.6) is 0 Å². The van der Waals surface area contributed by atoms with Gasteiger partial charge in [0.25, 0.3) is 5.91 Å². The molecule has 7 heteroatoms. The van der Waals surface area contributed by atoms with Gasteiger partial charge in [-0.1, -0.05) is 0 Å². The summed E-state index contributed by atoms with van der Waals surface area (Å²) in [5, 5.41) is 14.1. The molecular formula is C16H21N5OS. The molecular weight excluding hydrogens is 310 g/mol. The Kier molecular flexibility index (Phi) is 3.90. The van der Waals surface area contributed by atoms with Crippen LogP contribution in [-0.4, -0.2) is 45.2 Å². The molecule has 2 aliphatic rings. The smallest absolute Gasteiger partial charge is 0.264 e. The molecule has 23 heavy (non-hydrogen) atoms. The third-order valence-corrected chi connectivity index (χ3v) is 5.86. The van der Waals surface area contributed by atoms with E-state index in [4.69, 9.17) is 0 Å². The molecule has 0 saturated carbocycles. The number of piperidine rings is 1. The Labute approximate surface area is 139 Å². The van der Waals surface area contributed by atoms with Crippen molar-refractivity contribution >= 4 is 17.2 Å². The van der Waals surface area contributed by atoms with Crippen molar-refractivity contribution in [1.82, 2.24) is 25.0 Å². The number of aromatic nitrogens is 3. The first kappa shape index (κ1) is 14.8. The van der Waals surface area contributed by atoms with Crippen LogP contribution in [0, 0.1) is 6.92 Å². The average Bonchev–Trinajstić information content (AvgIpc) is 3.20. The molecule has 0 aromatic carbocycles. The molecule has 4 rings (SSSR count). The van der Waals surface area contributed by atoms with Gasteiger partial charge >= 0.3 is 0 Å². The quantitative estimate of drug-likeness (QED) is 0.911. The minimum Gasteiger partial charge on any atom is -0.338 e. The molecule has 1 amide bonds. The van der Waals surface area contributed by atoms with Crippen molar-refractivity contribution in [3.63, 3.8) is 0 Å². The van der Waals surface area contributed by atoms with Crippen LogP contribution in [0.2, 0.25) is 0 Å². The zero-order valence-corrected chi connectivity index (χ0v) is 14.1. The maximum Gasteiger partial charge on any atom is 0.264 e. The van der Waals surface area contributed by atoms with Gasteiger partial charge in [-0.25, -0.2) is 0 Å². The number of nitrogens with one attached hydrogen (secondary N) is 1. The van der Waals surface area contributed by atoms with Gasteiger partial charge in [0.2, 0.25) is 0 Å². The lowest BCUT2D eigenvalue weighted by Crippen LogP contribution is -2.38. The van der Waals surface area contributed by atoms with Crippen molar-refractivity contribution in [3.05, 3.63) is 33.5 Å². The Morgan fingerprint density at radius 2 is 2.13 bits per heavy atom. The van der Waals surface area contributed by atoms with Gasteiger partial charge in [-0.15, -0.1) is 21.5 Å². The predicted octanol–water partition coefficient (Wildman–Crippen LogP) is 1.77. The number of thiophene rings is 1. The Morgan fingerprint density at radius 1 is 1.30 bits per heavy atom. The number of carbonyl (C=O) groups excluding carboxylic acids is 1. The fourth-order valence-corrected chi connectivity index (χ4v) is 4.38. The first-order valence-corrected chi connectivity index (χ1v) is 9.08. The number of nitrogens with zero attached hydrogens (tertiary/aromatic N) is 4. The van der Waals surface area contributed by atoms with Crippen molar-refractivity contribution in [1.29, 1.82) is 0 Å². The highest BCUT2D eigenvalue weighted by Gasteiger charge is 2.29. The lowest BCUT2D eigenvalue weighted by Gasteiger charge is -2.32. The summed E-state index contributed by atoms with van der Waals surface area (Å²) in [6.07, 6.45) is 1.95. The third-order valence-electron chi connectivity index (χ3n) is 4.85. The molecule has 1 N–H and O–H groups in total. The summed E-state index contributed by atoms with van der Waals surface area (Å²) in [4.78, 5) is 15.5. The molecule has 122 valence electrons. The van der Waals surface area contributed by atoms with Crippen LogP contribution in [-0.2, 0) is 13.1 Å². The van der Waals surface area contributed by atoms with E-state index in [9.17, 15) is 4.79 Å². The van der Waals surface area contributed by atoms with Gasteiger partial charge in [0.15, 0.2) is 0 Å². The Bertz CT molecular complexity index is 714. The number of hydrogen-bond acceptors (Lipinski definition) is 5. The van der Waals surface area contributed by atoms with Crippen molar-refractivity contribution in [2.45, 2.75) is 38.8 Å². The van der Waals surface area contributed by atoms with Crippen molar-refractivity contribution in [2.75, 3.05) is 19.6 Å². The summed E-state index contributed by atoms with van der Waals surface area (Å²) in [5.41, 5.74) is 1.08. The van der Waals surface area contributed by atoms with E-state index in [0.717, 1.165) is 67.7 Å². The van der Waals surface area contributed by atoms with Crippen molar-refractivity contribution in [2.24, 2.45) is 0 Å². The van der Waals surface area contributed by atoms with Gasteiger partial charge in [-0.3, -0.25) is 4.79 Å². The monoisotopic (exact) mass is 331 g/mol. The number of aryl methyl sites for hydroxylation is 1. The second kappa shape index (κ2) is 6.05. The third kappa shape index (κ3) is 2.68. The molecule has 1 fully saturated rings. The molecule has 4 heterocycles. The van der Waals surface area contributed by atoms with E-state index >= 15 is 0 Å². The lowest BCUT2D eigenvalue weighted by atomic mass is 9.95. The normalized spacial score (nSPS) is 18.9. The predicted molar refractivity (Wildman–Crippen MR) is 88.7 cm³/mol. The maximum absolute atomic E-state index is 12.6. The zero-order valence-electron chi connectivity index (χ0n) is 13.3. The van der Waals surface area contributed by atoms with E-state index < -0.39 is 0 Å². The van der Waals surface area contributed by atoms with Gasteiger partial charge in [-0.2, -0.15) is 0 Å². The topological polar surface area (TPSA) is 63.1 Å². The fraction of sp³-hybridized carbons (Fsp3) is 0.562. The van der Waals surface area contributed by atoms with Crippen LogP contribution in [0.3, 0.4) is 0 Å².